The number of rotatable bonds is 4. The Hall–Kier alpha value is -2.61. The minimum atomic E-state index is 0.0244. The normalized spacial score (nSPS) is 11.5. The highest BCUT2D eigenvalue weighted by Gasteiger charge is 2.14. The molecule has 0 saturated carbocycles. The van der Waals surface area contributed by atoms with E-state index >= 15 is 0 Å². The predicted octanol–water partition coefficient (Wildman–Crippen LogP) is 5.11. The van der Waals surface area contributed by atoms with Crippen molar-refractivity contribution in [3.8, 4) is 0 Å². The molecule has 0 aliphatic heterocycles. The lowest BCUT2D eigenvalue weighted by Gasteiger charge is -2.13. The molecule has 4 aromatic carbocycles. The second-order valence-corrected chi connectivity index (χ2v) is 6.08. The molecule has 4 rings (SSSR count). The molecule has 2 nitrogen and oxygen atoms in total. The summed E-state index contributed by atoms with van der Waals surface area (Å²) in [6, 6.07) is 18.9. The van der Waals surface area contributed by atoms with E-state index in [1.54, 1.807) is 0 Å². The van der Waals surface area contributed by atoms with Crippen LogP contribution in [0, 0.1) is 0 Å². The summed E-state index contributed by atoms with van der Waals surface area (Å²) < 4.78 is 0. The summed E-state index contributed by atoms with van der Waals surface area (Å²) >= 11 is 0. The van der Waals surface area contributed by atoms with Gasteiger partial charge >= 0.3 is 0 Å². The molecule has 0 heterocycles. The van der Waals surface area contributed by atoms with Crippen LogP contribution in [0.1, 0.15) is 30.1 Å². The van der Waals surface area contributed by atoms with Crippen molar-refractivity contribution in [1.29, 1.82) is 0 Å². The summed E-state index contributed by atoms with van der Waals surface area (Å²) in [5.41, 5.74) is 0.770. The number of unbranched alkanes of at least 4 members (excludes halogenated alkanes) is 1. The molecule has 1 N–H and O–H groups in total. The lowest BCUT2D eigenvalue weighted by Crippen LogP contribution is -2.24. The van der Waals surface area contributed by atoms with Crippen LogP contribution in [0.15, 0.2) is 54.6 Å². The van der Waals surface area contributed by atoms with Gasteiger partial charge in [0, 0.05) is 12.1 Å². The quantitative estimate of drug-likeness (QED) is 0.411. The molecular weight excluding hydrogens is 282 g/mol. The lowest BCUT2D eigenvalue weighted by molar-refractivity contribution is 0.0955. The molecule has 114 valence electrons. The highest BCUT2D eigenvalue weighted by Crippen LogP contribution is 2.35. The number of amides is 1. The zero-order valence-electron chi connectivity index (χ0n) is 13.2. The first-order valence-electron chi connectivity index (χ1n) is 8.24. The maximum Gasteiger partial charge on any atom is 0.251 e. The molecule has 0 atom stereocenters. The Bertz CT molecular complexity index is 987. The zero-order valence-corrected chi connectivity index (χ0v) is 13.2. The van der Waals surface area contributed by atoms with E-state index in [9.17, 15) is 4.79 Å². The molecule has 0 spiro atoms. The molecule has 0 aliphatic rings. The summed E-state index contributed by atoms with van der Waals surface area (Å²) in [4.78, 5) is 12.6. The second kappa shape index (κ2) is 5.54. The summed E-state index contributed by atoms with van der Waals surface area (Å²) in [6.07, 6.45) is 2.09. The van der Waals surface area contributed by atoms with Gasteiger partial charge in [0.05, 0.1) is 0 Å². The van der Waals surface area contributed by atoms with Gasteiger partial charge in [-0.1, -0.05) is 61.9 Å². The minimum Gasteiger partial charge on any atom is -0.352 e. The molecule has 0 aromatic heterocycles. The van der Waals surface area contributed by atoms with Crippen LogP contribution in [0.2, 0.25) is 0 Å². The third-order valence-corrected chi connectivity index (χ3v) is 4.59. The van der Waals surface area contributed by atoms with Crippen molar-refractivity contribution in [2.75, 3.05) is 6.54 Å². The van der Waals surface area contributed by atoms with Crippen molar-refractivity contribution < 1.29 is 4.79 Å². The van der Waals surface area contributed by atoms with E-state index in [1.807, 2.05) is 6.07 Å². The van der Waals surface area contributed by atoms with Gasteiger partial charge in [0.1, 0.15) is 0 Å². The van der Waals surface area contributed by atoms with Gasteiger partial charge in [-0.3, -0.25) is 4.79 Å². The Morgan fingerprint density at radius 2 is 1.52 bits per heavy atom. The number of benzene rings is 4. The topological polar surface area (TPSA) is 29.1 Å². The van der Waals surface area contributed by atoms with Gasteiger partial charge < -0.3 is 5.32 Å². The summed E-state index contributed by atoms with van der Waals surface area (Å²) in [6.45, 7) is 2.86. The first-order chi connectivity index (χ1) is 11.3. The van der Waals surface area contributed by atoms with Crippen molar-refractivity contribution in [3.63, 3.8) is 0 Å². The van der Waals surface area contributed by atoms with Crippen LogP contribution in [-0.2, 0) is 0 Å². The third kappa shape index (κ3) is 2.22. The highest BCUT2D eigenvalue weighted by molar-refractivity contribution is 6.26. The van der Waals surface area contributed by atoms with Crippen molar-refractivity contribution in [1.82, 2.24) is 5.32 Å². The van der Waals surface area contributed by atoms with E-state index in [0.29, 0.717) is 0 Å². The van der Waals surface area contributed by atoms with E-state index < -0.39 is 0 Å². The first kappa shape index (κ1) is 14.0. The fraction of sp³-hybridized carbons (Fsp3) is 0.190. The van der Waals surface area contributed by atoms with Crippen LogP contribution in [0.3, 0.4) is 0 Å². The van der Waals surface area contributed by atoms with Crippen molar-refractivity contribution in [2.45, 2.75) is 19.8 Å². The Morgan fingerprint density at radius 3 is 2.26 bits per heavy atom. The number of nitrogens with one attached hydrogen (secondary N) is 1. The largest absolute Gasteiger partial charge is 0.352 e. The van der Waals surface area contributed by atoms with Crippen molar-refractivity contribution in [2.24, 2.45) is 0 Å². The van der Waals surface area contributed by atoms with Gasteiger partial charge in [0.2, 0.25) is 0 Å². The molecule has 23 heavy (non-hydrogen) atoms. The van der Waals surface area contributed by atoms with Crippen LogP contribution in [0.5, 0.6) is 0 Å². The smallest absolute Gasteiger partial charge is 0.251 e. The van der Waals surface area contributed by atoms with Gasteiger partial charge in [0.15, 0.2) is 0 Å². The summed E-state index contributed by atoms with van der Waals surface area (Å²) in [5, 5.41) is 10.2. The zero-order chi connectivity index (χ0) is 15.8. The van der Waals surface area contributed by atoms with Gasteiger partial charge in [-0.2, -0.15) is 0 Å². The molecular formula is C21H19NO. The molecule has 0 fully saturated rings. The maximum atomic E-state index is 12.6. The summed E-state index contributed by atoms with van der Waals surface area (Å²) in [5.74, 6) is 0.0244. The Morgan fingerprint density at radius 1 is 0.870 bits per heavy atom. The SMILES string of the molecule is CCCCNC(=O)c1ccc2ccc3cccc4ccc1c2c34. The van der Waals surface area contributed by atoms with Crippen LogP contribution in [0.4, 0.5) is 0 Å². The highest BCUT2D eigenvalue weighted by atomic mass is 16.1. The van der Waals surface area contributed by atoms with E-state index in [2.05, 4.69) is 60.8 Å². The molecule has 0 bridgehead atoms. The first-order valence-corrected chi connectivity index (χ1v) is 8.24. The average molecular weight is 301 g/mol. The Labute approximate surface area is 135 Å². The molecule has 2 heteroatoms. The molecule has 1 amide bonds. The van der Waals surface area contributed by atoms with Gasteiger partial charge in [0.25, 0.3) is 5.91 Å². The van der Waals surface area contributed by atoms with Crippen LogP contribution in [0.25, 0.3) is 32.3 Å². The van der Waals surface area contributed by atoms with Crippen molar-refractivity contribution >= 4 is 38.2 Å². The number of carbonyl (C=O) groups is 1. The number of hydrogen-bond donors (Lipinski definition) is 1. The van der Waals surface area contributed by atoms with E-state index in [4.69, 9.17) is 0 Å². The average Bonchev–Trinajstić information content (AvgIpc) is 2.59. The summed E-state index contributed by atoms with van der Waals surface area (Å²) in [7, 11) is 0. The van der Waals surface area contributed by atoms with E-state index in [1.165, 1.54) is 26.9 Å². The Kier molecular flexibility index (Phi) is 3.38. The van der Waals surface area contributed by atoms with Gasteiger partial charge in [-0.25, -0.2) is 0 Å². The van der Waals surface area contributed by atoms with Gasteiger partial charge in [-0.15, -0.1) is 0 Å². The molecule has 0 unspecified atom stereocenters. The van der Waals surface area contributed by atoms with Crippen LogP contribution < -0.4 is 5.32 Å². The maximum absolute atomic E-state index is 12.6. The number of carbonyl (C=O) groups excluding carboxylic acids is 1. The second-order valence-electron chi connectivity index (χ2n) is 6.08. The molecule has 4 aromatic rings. The predicted molar refractivity (Wildman–Crippen MR) is 97.4 cm³/mol. The third-order valence-electron chi connectivity index (χ3n) is 4.59. The Balaban J connectivity index is 1.94. The standard InChI is InChI=1S/C21H19NO/c1-2-3-13-22-21(23)18-12-10-16-8-7-14-5-4-6-15-9-11-17(18)20(16)19(14)15/h4-12H,2-3,13H2,1H3,(H,22,23). The van der Waals surface area contributed by atoms with E-state index in [0.717, 1.165) is 30.3 Å². The lowest BCUT2D eigenvalue weighted by atomic mass is 9.92. The number of hydrogen-bond acceptors (Lipinski definition) is 1. The monoisotopic (exact) mass is 301 g/mol. The minimum absolute atomic E-state index is 0.0244. The van der Waals surface area contributed by atoms with Crippen LogP contribution >= 0.6 is 0 Å². The fourth-order valence-corrected chi connectivity index (χ4v) is 3.41. The molecule has 0 aliphatic carbocycles. The van der Waals surface area contributed by atoms with Crippen molar-refractivity contribution in [3.05, 3.63) is 60.2 Å². The molecule has 0 radical (unpaired) electrons. The van der Waals surface area contributed by atoms with Gasteiger partial charge in [-0.05, 0) is 44.8 Å². The van der Waals surface area contributed by atoms with Crippen LogP contribution in [-0.4, -0.2) is 12.5 Å². The van der Waals surface area contributed by atoms with E-state index in [-0.39, 0.29) is 5.91 Å². The molecule has 0 saturated heterocycles. The fourth-order valence-electron chi connectivity index (χ4n) is 3.41.